The average molecular weight is 415 g/mol. The summed E-state index contributed by atoms with van der Waals surface area (Å²) >= 11 is 0. The zero-order valence-corrected chi connectivity index (χ0v) is 18.1. The molecule has 2 aliphatic rings. The normalized spacial score (nSPS) is 14.9. The number of rotatable bonds is 9. The fourth-order valence-electron chi connectivity index (χ4n) is 3.74. The molecule has 0 radical (unpaired) electrons. The van der Waals surface area contributed by atoms with Crippen molar-refractivity contribution in [2.45, 2.75) is 25.7 Å². The summed E-state index contributed by atoms with van der Waals surface area (Å²) in [5, 5.41) is 6.38. The van der Waals surface area contributed by atoms with E-state index < -0.39 is 0 Å². The van der Waals surface area contributed by atoms with E-state index in [1.54, 1.807) is 7.11 Å². The highest BCUT2D eigenvalue weighted by Gasteiger charge is 2.09. The number of aryl methyl sites for hydroxylation is 2. The Labute approximate surface area is 185 Å². The van der Waals surface area contributed by atoms with Crippen molar-refractivity contribution in [3.63, 3.8) is 0 Å². The SMILES string of the molecule is COc1ccc(CCC2=CCNC=C2)cc1Oc1ccc(CCC2=CCNC=C2)cc1. The first-order valence-electron chi connectivity index (χ1n) is 10.9. The van der Waals surface area contributed by atoms with E-state index in [9.17, 15) is 0 Å². The fourth-order valence-corrected chi connectivity index (χ4v) is 3.74. The molecule has 0 fully saturated rings. The van der Waals surface area contributed by atoms with Gasteiger partial charge in [-0.25, -0.2) is 0 Å². The van der Waals surface area contributed by atoms with Crippen molar-refractivity contribution in [1.29, 1.82) is 0 Å². The van der Waals surface area contributed by atoms with Crippen LogP contribution in [0.2, 0.25) is 0 Å². The topological polar surface area (TPSA) is 42.5 Å². The summed E-state index contributed by atoms with van der Waals surface area (Å²) in [4.78, 5) is 0. The summed E-state index contributed by atoms with van der Waals surface area (Å²) < 4.78 is 11.7. The molecule has 2 aromatic rings. The van der Waals surface area contributed by atoms with Crippen LogP contribution in [0.1, 0.15) is 24.0 Å². The maximum atomic E-state index is 6.19. The van der Waals surface area contributed by atoms with Crippen LogP contribution in [0.5, 0.6) is 17.2 Å². The van der Waals surface area contributed by atoms with Gasteiger partial charge in [-0.1, -0.05) is 30.4 Å². The Morgan fingerprint density at radius 1 is 0.710 bits per heavy atom. The molecule has 0 unspecified atom stereocenters. The summed E-state index contributed by atoms with van der Waals surface area (Å²) in [6, 6.07) is 14.6. The van der Waals surface area contributed by atoms with Gasteiger partial charge in [-0.05, 0) is 96.8 Å². The summed E-state index contributed by atoms with van der Waals surface area (Å²) in [5.41, 5.74) is 5.30. The van der Waals surface area contributed by atoms with Crippen molar-refractivity contribution in [3.8, 4) is 17.2 Å². The van der Waals surface area contributed by atoms with Gasteiger partial charge in [0.2, 0.25) is 0 Å². The minimum Gasteiger partial charge on any atom is -0.493 e. The second kappa shape index (κ2) is 10.6. The molecule has 160 valence electrons. The minimum atomic E-state index is 0.749. The zero-order valence-electron chi connectivity index (χ0n) is 18.1. The molecular weight excluding hydrogens is 384 g/mol. The van der Waals surface area contributed by atoms with Crippen molar-refractivity contribution >= 4 is 0 Å². The number of ether oxygens (including phenoxy) is 2. The third-order valence-corrected chi connectivity index (χ3v) is 5.58. The van der Waals surface area contributed by atoms with E-state index in [2.05, 4.69) is 59.2 Å². The Balaban J connectivity index is 1.37. The Morgan fingerprint density at radius 2 is 1.32 bits per heavy atom. The molecule has 0 saturated carbocycles. The largest absolute Gasteiger partial charge is 0.493 e. The van der Waals surface area contributed by atoms with Crippen molar-refractivity contribution in [2.75, 3.05) is 20.2 Å². The van der Waals surface area contributed by atoms with E-state index in [4.69, 9.17) is 9.47 Å². The third-order valence-electron chi connectivity index (χ3n) is 5.58. The average Bonchev–Trinajstić information content (AvgIpc) is 2.84. The zero-order chi connectivity index (χ0) is 21.3. The van der Waals surface area contributed by atoms with Crippen LogP contribution in [0.4, 0.5) is 0 Å². The maximum Gasteiger partial charge on any atom is 0.169 e. The predicted molar refractivity (Wildman–Crippen MR) is 127 cm³/mol. The highest BCUT2D eigenvalue weighted by Crippen LogP contribution is 2.33. The number of nitrogens with one attached hydrogen (secondary N) is 2. The van der Waals surface area contributed by atoms with E-state index in [1.807, 2.05) is 30.6 Å². The van der Waals surface area contributed by atoms with Gasteiger partial charge in [-0.2, -0.15) is 0 Å². The second-order valence-corrected chi connectivity index (χ2v) is 7.77. The van der Waals surface area contributed by atoms with Crippen molar-refractivity contribution < 1.29 is 9.47 Å². The second-order valence-electron chi connectivity index (χ2n) is 7.77. The van der Waals surface area contributed by atoms with Gasteiger partial charge in [0.05, 0.1) is 7.11 Å². The van der Waals surface area contributed by atoms with E-state index in [-0.39, 0.29) is 0 Å². The first kappa shape index (κ1) is 20.9. The number of dihydropyridines is 2. The smallest absolute Gasteiger partial charge is 0.169 e. The molecule has 4 heteroatoms. The van der Waals surface area contributed by atoms with Crippen molar-refractivity contribution in [3.05, 3.63) is 101 Å². The molecule has 2 aliphatic heterocycles. The lowest BCUT2D eigenvalue weighted by Crippen LogP contribution is -2.08. The van der Waals surface area contributed by atoms with Crippen LogP contribution >= 0.6 is 0 Å². The summed E-state index contributed by atoms with van der Waals surface area (Å²) in [6.07, 6.45) is 16.9. The molecule has 0 aliphatic carbocycles. The number of hydrogen-bond donors (Lipinski definition) is 2. The fraction of sp³-hybridized carbons (Fsp3) is 0.259. The molecule has 0 spiro atoms. The quantitative estimate of drug-likeness (QED) is 0.573. The van der Waals surface area contributed by atoms with Gasteiger partial charge in [-0.15, -0.1) is 0 Å². The van der Waals surface area contributed by atoms with Crippen LogP contribution in [-0.2, 0) is 12.8 Å². The van der Waals surface area contributed by atoms with Crippen LogP contribution in [0, 0.1) is 0 Å². The molecule has 2 aromatic carbocycles. The number of benzene rings is 2. The van der Waals surface area contributed by atoms with Gasteiger partial charge in [-0.3, -0.25) is 0 Å². The Bertz CT molecular complexity index is 1000. The summed E-state index contributed by atoms with van der Waals surface area (Å²) in [6.45, 7) is 1.83. The molecule has 2 heterocycles. The van der Waals surface area contributed by atoms with E-state index >= 15 is 0 Å². The monoisotopic (exact) mass is 414 g/mol. The number of allylic oxidation sites excluding steroid dienone is 4. The Morgan fingerprint density at radius 3 is 1.90 bits per heavy atom. The first-order valence-corrected chi connectivity index (χ1v) is 10.9. The molecule has 31 heavy (non-hydrogen) atoms. The highest BCUT2D eigenvalue weighted by atomic mass is 16.5. The van der Waals surface area contributed by atoms with Crippen LogP contribution in [0.25, 0.3) is 0 Å². The highest BCUT2D eigenvalue weighted by molar-refractivity contribution is 5.46. The van der Waals surface area contributed by atoms with Gasteiger partial charge >= 0.3 is 0 Å². The lowest BCUT2D eigenvalue weighted by molar-refractivity contribution is 0.378. The minimum absolute atomic E-state index is 0.749. The van der Waals surface area contributed by atoms with E-state index in [1.165, 1.54) is 22.3 Å². The van der Waals surface area contributed by atoms with Gasteiger partial charge in [0.1, 0.15) is 5.75 Å². The summed E-state index contributed by atoms with van der Waals surface area (Å²) in [5.74, 6) is 2.33. The Hall–Kier alpha value is -3.40. The van der Waals surface area contributed by atoms with Crippen LogP contribution in [0.3, 0.4) is 0 Å². The van der Waals surface area contributed by atoms with E-state index in [0.717, 1.165) is 56.0 Å². The standard InChI is InChI=1S/C27H30N2O2/c1-30-26-11-8-24(5-4-23-14-18-29-19-15-23)20-27(26)31-25-9-6-21(7-10-25)2-3-22-12-16-28-17-13-22/h6-16,18,20,28-29H,2-5,17,19H2,1H3. The molecule has 4 rings (SSSR count). The van der Waals surface area contributed by atoms with Crippen LogP contribution < -0.4 is 20.1 Å². The van der Waals surface area contributed by atoms with Crippen molar-refractivity contribution in [2.24, 2.45) is 0 Å². The third kappa shape index (κ3) is 6.05. The van der Waals surface area contributed by atoms with Crippen LogP contribution in [0.15, 0.2) is 90.3 Å². The number of methoxy groups -OCH3 is 1. The predicted octanol–water partition coefficient (Wildman–Crippen LogP) is 5.44. The lowest BCUT2D eigenvalue weighted by Gasteiger charge is -2.13. The molecule has 0 atom stereocenters. The molecule has 0 bridgehead atoms. The maximum absolute atomic E-state index is 6.19. The summed E-state index contributed by atoms with van der Waals surface area (Å²) in [7, 11) is 1.68. The number of hydrogen-bond acceptors (Lipinski definition) is 4. The molecule has 2 N–H and O–H groups in total. The lowest BCUT2D eigenvalue weighted by atomic mass is 10.0. The van der Waals surface area contributed by atoms with E-state index in [0.29, 0.717) is 0 Å². The molecule has 0 saturated heterocycles. The van der Waals surface area contributed by atoms with Gasteiger partial charge in [0, 0.05) is 13.1 Å². The molecular formula is C27H30N2O2. The first-order chi connectivity index (χ1) is 15.3. The van der Waals surface area contributed by atoms with Crippen molar-refractivity contribution in [1.82, 2.24) is 10.6 Å². The van der Waals surface area contributed by atoms with Gasteiger partial charge in [0.15, 0.2) is 11.5 Å². The van der Waals surface area contributed by atoms with Gasteiger partial charge in [0.25, 0.3) is 0 Å². The Kier molecular flexibility index (Phi) is 7.12. The molecule has 0 aromatic heterocycles. The van der Waals surface area contributed by atoms with Gasteiger partial charge < -0.3 is 20.1 Å². The van der Waals surface area contributed by atoms with Crippen LogP contribution in [-0.4, -0.2) is 20.2 Å². The molecule has 4 nitrogen and oxygen atoms in total. The molecule has 0 amide bonds.